The molecule has 0 aliphatic carbocycles. The molecule has 34 heavy (non-hydrogen) atoms. The minimum atomic E-state index is -0.200. The Kier molecular flexibility index (Phi) is 8.47. The number of allylic oxidation sites excluding steroid dienone is 1. The van der Waals surface area contributed by atoms with Crippen LogP contribution in [0.4, 0.5) is 0 Å². The van der Waals surface area contributed by atoms with Gasteiger partial charge in [0.25, 0.3) is 5.91 Å². The van der Waals surface area contributed by atoms with Crippen LogP contribution in [0.2, 0.25) is 0 Å². The van der Waals surface area contributed by atoms with Crippen LogP contribution in [0.25, 0.3) is 5.70 Å². The molecule has 2 aromatic carbocycles. The highest BCUT2D eigenvalue weighted by atomic mass is 16.5. The van der Waals surface area contributed by atoms with Crippen molar-refractivity contribution in [3.05, 3.63) is 70.8 Å². The zero-order chi connectivity index (χ0) is 24.7. The summed E-state index contributed by atoms with van der Waals surface area (Å²) in [4.78, 5) is 28.0. The van der Waals surface area contributed by atoms with E-state index in [0.717, 1.165) is 29.0 Å². The van der Waals surface area contributed by atoms with Crippen molar-refractivity contribution >= 4 is 17.4 Å². The molecule has 0 fully saturated rings. The van der Waals surface area contributed by atoms with Gasteiger partial charge >= 0.3 is 0 Å². The van der Waals surface area contributed by atoms with E-state index < -0.39 is 0 Å². The van der Waals surface area contributed by atoms with Crippen molar-refractivity contribution in [2.24, 2.45) is 0 Å². The molecule has 1 aliphatic heterocycles. The second-order valence-electron chi connectivity index (χ2n) is 8.99. The van der Waals surface area contributed by atoms with Crippen molar-refractivity contribution < 1.29 is 23.8 Å². The smallest absolute Gasteiger partial charge is 0.254 e. The molecule has 0 spiro atoms. The summed E-state index contributed by atoms with van der Waals surface area (Å²) in [6, 6.07) is 12.8. The average molecular weight is 467 g/mol. The van der Waals surface area contributed by atoms with E-state index in [9.17, 15) is 9.59 Å². The lowest BCUT2D eigenvalue weighted by molar-refractivity contribution is 0.0627. The third-order valence-corrected chi connectivity index (χ3v) is 5.80. The Hall–Kier alpha value is -3.16. The number of fused-ring (bicyclic) bond motifs is 1. The van der Waals surface area contributed by atoms with Crippen LogP contribution in [0, 0.1) is 0 Å². The van der Waals surface area contributed by atoms with Crippen LogP contribution >= 0.6 is 0 Å². The van der Waals surface area contributed by atoms with Crippen molar-refractivity contribution in [2.75, 3.05) is 47.6 Å². The zero-order valence-electron chi connectivity index (χ0n) is 20.6. The minimum absolute atomic E-state index is 0.164. The summed E-state index contributed by atoms with van der Waals surface area (Å²) < 4.78 is 15.7. The van der Waals surface area contributed by atoms with Crippen LogP contribution in [0.1, 0.15) is 45.7 Å². The van der Waals surface area contributed by atoms with Gasteiger partial charge in [0.2, 0.25) is 0 Å². The zero-order valence-corrected chi connectivity index (χ0v) is 20.6. The minimum Gasteiger partial charge on any atom is -0.497 e. The van der Waals surface area contributed by atoms with Crippen molar-refractivity contribution in [3.63, 3.8) is 0 Å². The third kappa shape index (κ3) is 6.24. The van der Waals surface area contributed by atoms with Crippen molar-refractivity contribution in [2.45, 2.75) is 25.8 Å². The highest BCUT2D eigenvalue weighted by Crippen LogP contribution is 2.32. The van der Waals surface area contributed by atoms with Gasteiger partial charge in [-0.3, -0.25) is 9.59 Å². The molecule has 0 saturated carbocycles. The normalized spacial score (nSPS) is 15.4. The predicted molar refractivity (Wildman–Crippen MR) is 132 cm³/mol. The molecule has 1 heterocycles. The highest BCUT2D eigenvalue weighted by Gasteiger charge is 2.28. The Morgan fingerprint density at radius 2 is 1.68 bits per heavy atom. The number of hydrogen-bond acceptors (Lipinski definition) is 6. The van der Waals surface area contributed by atoms with E-state index in [1.165, 1.54) is 0 Å². The monoisotopic (exact) mass is 466 g/mol. The summed E-state index contributed by atoms with van der Waals surface area (Å²) in [5.74, 6) is 0.394. The summed E-state index contributed by atoms with van der Waals surface area (Å²) in [5.41, 5.74) is 3.55. The lowest BCUT2D eigenvalue weighted by atomic mass is 9.85. The number of nitrogens with zero attached hydrogens (tertiary/aromatic N) is 1. The molecule has 0 bridgehead atoms. The molecular weight excluding hydrogens is 432 g/mol. The van der Waals surface area contributed by atoms with Crippen LogP contribution in [0.3, 0.4) is 0 Å². The Labute approximate surface area is 201 Å². The quantitative estimate of drug-likeness (QED) is 0.426. The molecule has 0 unspecified atom stereocenters. The summed E-state index contributed by atoms with van der Waals surface area (Å²) in [6.07, 6.45) is 2.44. The van der Waals surface area contributed by atoms with Gasteiger partial charge in [0, 0.05) is 61.3 Å². The first kappa shape index (κ1) is 25.5. The van der Waals surface area contributed by atoms with E-state index in [4.69, 9.17) is 14.2 Å². The highest BCUT2D eigenvalue weighted by molar-refractivity contribution is 6.10. The molecule has 1 N–H and O–H groups in total. The third-order valence-electron chi connectivity index (χ3n) is 5.80. The number of carbonyl (C=O) groups excluding carboxylic acids is 2. The second-order valence-corrected chi connectivity index (χ2v) is 8.99. The molecule has 0 saturated heterocycles. The topological polar surface area (TPSA) is 77.1 Å². The lowest BCUT2D eigenvalue weighted by Crippen LogP contribution is -2.43. The van der Waals surface area contributed by atoms with Gasteiger partial charge in [0.15, 0.2) is 5.78 Å². The van der Waals surface area contributed by atoms with Crippen molar-refractivity contribution in [1.82, 2.24) is 10.2 Å². The lowest BCUT2D eigenvalue weighted by Gasteiger charge is -2.35. The summed E-state index contributed by atoms with van der Waals surface area (Å²) in [5, 5.41) is 3.48. The average Bonchev–Trinajstić information content (AvgIpc) is 2.83. The first-order valence-electron chi connectivity index (χ1n) is 11.4. The van der Waals surface area contributed by atoms with E-state index in [1.54, 1.807) is 56.6 Å². The Bertz CT molecular complexity index is 1050. The SMILES string of the molecule is COCCN(CCOC)C(=O)c1cccc(C(=O)C=C2NC(C)(C)Cc3ccc(OC)cc32)c1. The maximum Gasteiger partial charge on any atom is 0.254 e. The van der Waals surface area contributed by atoms with E-state index >= 15 is 0 Å². The standard InChI is InChI=1S/C27H34N2O5/c1-27(2)18-21-9-10-22(34-5)16-23(21)24(28-27)17-25(30)19-7-6-8-20(15-19)26(31)29(11-13-32-3)12-14-33-4/h6-10,15-17,28H,11-14,18H2,1-5H3. The van der Waals surface area contributed by atoms with Crippen molar-refractivity contribution in [1.29, 1.82) is 0 Å². The summed E-state index contributed by atoms with van der Waals surface area (Å²) in [6.45, 7) is 5.94. The number of methoxy groups -OCH3 is 3. The van der Waals surface area contributed by atoms with E-state index in [0.29, 0.717) is 37.4 Å². The fourth-order valence-corrected chi connectivity index (χ4v) is 4.07. The number of ketones is 1. The van der Waals surface area contributed by atoms with Crippen molar-refractivity contribution in [3.8, 4) is 5.75 Å². The van der Waals surface area contributed by atoms with E-state index in [2.05, 4.69) is 19.2 Å². The summed E-state index contributed by atoms with van der Waals surface area (Å²) >= 11 is 0. The van der Waals surface area contributed by atoms with Gasteiger partial charge in [0.1, 0.15) is 5.75 Å². The first-order valence-corrected chi connectivity index (χ1v) is 11.4. The number of amides is 1. The fraction of sp³-hybridized carbons (Fsp3) is 0.407. The number of carbonyl (C=O) groups is 2. The molecule has 3 rings (SSSR count). The number of benzene rings is 2. The largest absolute Gasteiger partial charge is 0.497 e. The molecule has 7 heteroatoms. The number of ether oxygens (including phenoxy) is 3. The molecule has 0 atom stereocenters. The maximum absolute atomic E-state index is 13.3. The number of nitrogens with one attached hydrogen (secondary N) is 1. The molecule has 0 radical (unpaired) electrons. The number of hydrogen-bond donors (Lipinski definition) is 1. The molecule has 1 aliphatic rings. The molecule has 1 amide bonds. The van der Waals surface area contributed by atoms with Gasteiger partial charge in [0.05, 0.1) is 20.3 Å². The Morgan fingerprint density at radius 1 is 1.00 bits per heavy atom. The number of rotatable bonds is 10. The van der Waals surface area contributed by atoms with Gasteiger partial charge in [-0.15, -0.1) is 0 Å². The van der Waals surface area contributed by atoms with Crippen LogP contribution in [0.15, 0.2) is 48.5 Å². The van der Waals surface area contributed by atoms with Crippen LogP contribution < -0.4 is 10.1 Å². The molecule has 2 aromatic rings. The fourth-order valence-electron chi connectivity index (χ4n) is 4.07. The van der Waals surface area contributed by atoms with E-state index in [1.807, 2.05) is 18.2 Å². The van der Waals surface area contributed by atoms with Crippen LogP contribution in [-0.4, -0.2) is 69.8 Å². The van der Waals surface area contributed by atoms with E-state index in [-0.39, 0.29) is 17.2 Å². The van der Waals surface area contributed by atoms with Gasteiger partial charge in [-0.2, -0.15) is 0 Å². The molecule has 182 valence electrons. The van der Waals surface area contributed by atoms with Gasteiger partial charge in [-0.25, -0.2) is 0 Å². The first-order chi connectivity index (χ1) is 16.3. The van der Waals surface area contributed by atoms with Gasteiger partial charge in [-0.05, 0) is 50.1 Å². The Morgan fingerprint density at radius 3 is 2.32 bits per heavy atom. The second kappa shape index (κ2) is 11.3. The maximum atomic E-state index is 13.3. The molecule has 0 aromatic heterocycles. The van der Waals surface area contributed by atoms with Gasteiger partial charge in [-0.1, -0.05) is 18.2 Å². The van der Waals surface area contributed by atoms with Crippen LogP contribution in [0.5, 0.6) is 5.75 Å². The summed E-state index contributed by atoms with van der Waals surface area (Å²) in [7, 11) is 4.82. The Balaban J connectivity index is 1.90. The molecular formula is C27H34N2O5. The van der Waals surface area contributed by atoms with Crippen LogP contribution in [-0.2, 0) is 15.9 Å². The predicted octanol–water partition coefficient (Wildman–Crippen LogP) is 3.58. The molecule has 7 nitrogen and oxygen atoms in total. The van der Waals surface area contributed by atoms with Gasteiger partial charge < -0.3 is 24.4 Å².